The van der Waals surface area contributed by atoms with Gasteiger partial charge in [-0.2, -0.15) is 4.98 Å². The molecule has 0 radical (unpaired) electrons. The molecule has 0 aliphatic heterocycles. The van der Waals surface area contributed by atoms with Crippen LogP contribution in [0.4, 0.5) is 0 Å². The maximum Gasteiger partial charge on any atom is 0.252 e. The van der Waals surface area contributed by atoms with Crippen molar-refractivity contribution in [3.05, 3.63) is 11.7 Å². The molecule has 0 amide bonds. The van der Waals surface area contributed by atoms with Crippen LogP contribution in [0.15, 0.2) is 4.52 Å². The van der Waals surface area contributed by atoms with Crippen LogP contribution < -0.4 is 5.73 Å². The van der Waals surface area contributed by atoms with Crippen molar-refractivity contribution < 1.29 is 14.0 Å². The van der Waals surface area contributed by atoms with Gasteiger partial charge in [0.15, 0.2) is 0 Å². The van der Waals surface area contributed by atoms with Crippen LogP contribution in [0.1, 0.15) is 50.7 Å². The lowest BCUT2D eigenvalue weighted by molar-refractivity contribution is -0.0777. The predicted molar refractivity (Wildman–Crippen MR) is 69.4 cm³/mol. The Balaban J connectivity index is 2.04. The molecule has 0 spiro atoms. The fourth-order valence-electron chi connectivity index (χ4n) is 2.57. The van der Waals surface area contributed by atoms with Crippen LogP contribution in [0, 0.1) is 0 Å². The summed E-state index contributed by atoms with van der Waals surface area (Å²) < 4.78 is 16.5. The highest BCUT2D eigenvalue weighted by atomic mass is 16.5. The van der Waals surface area contributed by atoms with Gasteiger partial charge in [0, 0.05) is 13.2 Å². The second-order valence-corrected chi connectivity index (χ2v) is 4.84. The van der Waals surface area contributed by atoms with Crippen LogP contribution in [0.25, 0.3) is 0 Å². The maximum atomic E-state index is 5.95. The van der Waals surface area contributed by atoms with Gasteiger partial charge in [0.1, 0.15) is 12.2 Å². The average molecular weight is 269 g/mol. The third-order valence-corrected chi connectivity index (χ3v) is 3.45. The van der Waals surface area contributed by atoms with Gasteiger partial charge in [0.05, 0.1) is 6.61 Å². The summed E-state index contributed by atoms with van der Waals surface area (Å²) in [7, 11) is 0. The first-order valence-electron chi connectivity index (χ1n) is 7.05. The number of nitrogens with two attached hydrogens (primary N) is 1. The molecule has 6 heteroatoms. The first-order valence-corrected chi connectivity index (χ1v) is 7.05. The van der Waals surface area contributed by atoms with Crippen LogP contribution >= 0.6 is 0 Å². The Morgan fingerprint density at radius 1 is 1.32 bits per heavy atom. The maximum absolute atomic E-state index is 5.95. The Labute approximate surface area is 113 Å². The highest BCUT2D eigenvalue weighted by Gasteiger charge is 2.39. The third-order valence-electron chi connectivity index (χ3n) is 3.45. The number of ether oxygens (including phenoxy) is 2. The molecule has 1 aromatic heterocycles. The minimum atomic E-state index is -0.359. The van der Waals surface area contributed by atoms with Crippen LogP contribution in [0.3, 0.4) is 0 Å². The molecule has 1 aromatic rings. The fourth-order valence-corrected chi connectivity index (χ4v) is 2.57. The lowest BCUT2D eigenvalue weighted by Gasteiger charge is -2.33. The van der Waals surface area contributed by atoms with E-state index in [4.69, 9.17) is 19.7 Å². The zero-order chi connectivity index (χ0) is 13.6. The summed E-state index contributed by atoms with van der Waals surface area (Å²) in [6, 6.07) is 0. The topological polar surface area (TPSA) is 83.4 Å². The van der Waals surface area contributed by atoms with Gasteiger partial charge < -0.3 is 19.7 Å². The van der Waals surface area contributed by atoms with Gasteiger partial charge in [-0.05, 0) is 19.8 Å². The number of rotatable bonds is 7. The molecular weight excluding hydrogens is 246 g/mol. The SMILES string of the molecule is CCOC1(c2noc(COCCN)n2)CCCCC1. The van der Waals surface area contributed by atoms with Crippen LogP contribution in [0.5, 0.6) is 0 Å². The fraction of sp³-hybridized carbons (Fsp3) is 0.846. The molecule has 108 valence electrons. The van der Waals surface area contributed by atoms with E-state index < -0.39 is 0 Å². The van der Waals surface area contributed by atoms with E-state index in [-0.39, 0.29) is 5.60 Å². The number of aromatic nitrogens is 2. The summed E-state index contributed by atoms with van der Waals surface area (Å²) in [6.45, 7) is 3.96. The molecule has 0 aromatic carbocycles. The Bertz CT molecular complexity index is 369. The second kappa shape index (κ2) is 6.98. The molecule has 1 aliphatic carbocycles. The number of hydrogen-bond donors (Lipinski definition) is 1. The van der Waals surface area contributed by atoms with Crippen molar-refractivity contribution in [3.63, 3.8) is 0 Å². The second-order valence-electron chi connectivity index (χ2n) is 4.84. The first kappa shape index (κ1) is 14.4. The molecule has 1 saturated carbocycles. The Morgan fingerprint density at radius 3 is 2.79 bits per heavy atom. The summed E-state index contributed by atoms with van der Waals surface area (Å²) in [6.07, 6.45) is 5.47. The molecule has 19 heavy (non-hydrogen) atoms. The minimum absolute atomic E-state index is 0.312. The lowest BCUT2D eigenvalue weighted by Crippen LogP contribution is -2.33. The van der Waals surface area contributed by atoms with Crippen molar-refractivity contribution in [3.8, 4) is 0 Å². The van der Waals surface area contributed by atoms with Crippen molar-refractivity contribution in [1.82, 2.24) is 10.1 Å². The molecule has 0 saturated heterocycles. The van der Waals surface area contributed by atoms with Gasteiger partial charge in [0.25, 0.3) is 5.89 Å². The molecule has 2 N–H and O–H groups in total. The van der Waals surface area contributed by atoms with E-state index in [1.807, 2.05) is 6.92 Å². The van der Waals surface area contributed by atoms with Crippen molar-refractivity contribution in [1.29, 1.82) is 0 Å². The Kier molecular flexibility index (Phi) is 5.30. The summed E-state index contributed by atoms with van der Waals surface area (Å²) >= 11 is 0. The molecule has 0 unspecified atom stereocenters. The van der Waals surface area contributed by atoms with Gasteiger partial charge in [-0.1, -0.05) is 24.4 Å². The lowest BCUT2D eigenvalue weighted by atomic mass is 9.84. The van der Waals surface area contributed by atoms with Crippen molar-refractivity contribution in [2.75, 3.05) is 19.8 Å². The van der Waals surface area contributed by atoms with Crippen molar-refractivity contribution in [2.24, 2.45) is 5.73 Å². The van der Waals surface area contributed by atoms with Crippen LogP contribution in [0.2, 0.25) is 0 Å². The van der Waals surface area contributed by atoms with Gasteiger partial charge in [-0.3, -0.25) is 0 Å². The van der Waals surface area contributed by atoms with E-state index >= 15 is 0 Å². The number of hydrogen-bond acceptors (Lipinski definition) is 6. The zero-order valence-corrected chi connectivity index (χ0v) is 11.6. The van der Waals surface area contributed by atoms with E-state index in [1.165, 1.54) is 6.42 Å². The standard InChI is InChI=1S/C13H23N3O3/c1-2-18-13(6-4-3-5-7-13)12-15-11(19-16-12)10-17-9-8-14/h2-10,14H2,1H3. The molecule has 1 heterocycles. The first-order chi connectivity index (χ1) is 9.30. The normalized spacial score (nSPS) is 18.6. The van der Waals surface area contributed by atoms with Crippen LogP contribution in [-0.2, 0) is 21.7 Å². The van der Waals surface area contributed by atoms with E-state index in [0.717, 1.165) is 25.7 Å². The zero-order valence-electron chi connectivity index (χ0n) is 11.6. The van der Waals surface area contributed by atoms with Crippen molar-refractivity contribution in [2.45, 2.75) is 51.2 Å². The predicted octanol–water partition coefficient (Wildman–Crippen LogP) is 1.74. The largest absolute Gasteiger partial charge is 0.370 e. The molecular formula is C13H23N3O3. The molecule has 2 rings (SSSR count). The third kappa shape index (κ3) is 3.52. The van der Waals surface area contributed by atoms with Crippen molar-refractivity contribution >= 4 is 0 Å². The molecule has 0 atom stereocenters. The summed E-state index contributed by atoms with van der Waals surface area (Å²) in [4.78, 5) is 4.43. The highest BCUT2D eigenvalue weighted by molar-refractivity contribution is 5.03. The smallest absolute Gasteiger partial charge is 0.252 e. The van der Waals surface area contributed by atoms with Gasteiger partial charge in [0.2, 0.25) is 5.82 Å². The summed E-state index contributed by atoms with van der Waals surface area (Å²) in [5.41, 5.74) is 5.01. The van der Waals surface area contributed by atoms with E-state index in [9.17, 15) is 0 Å². The molecule has 6 nitrogen and oxygen atoms in total. The Morgan fingerprint density at radius 2 is 2.11 bits per heavy atom. The van der Waals surface area contributed by atoms with E-state index in [1.54, 1.807) is 0 Å². The highest BCUT2D eigenvalue weighted by Crippen LogP contribution is 2.39. The average Bonchev–Trinajstić information content (AvgIpc) is 2.90. The van der Waals surface area contributed by atoms with Gasteiger partial charge >= 0.3 is 0 Å². The summed E-state index contributed by atoms with van der Waals surface area (Å²) in [5.74, 6) is 1.16. The Hall–Kier alpha value is -0.980. The van der Waals surface area contributed by atoms with Gasteiger partial charge in [-0.15, -0.1) is 0 Å². The van der Waals surface area contributed by atoms with E-state index in [2.05, 4.69) is 10.1 Å². The molecule has 1 aliphatic rings. The summed E-state index contributed by atoms with van der Waals surface area (Å²) in [5, 5.41) is 4.09. The molecule has 0 bridgehead atoms. The number of nitrogens with zero attached hydrogens (tertiary/aromatic N) is 2. The van der Waals surface area contributed by atoms with Gasteiger partial charge in [-0.25, -0.2) is 0 Å². The van der Waals surface area contributed by atoms with Crippen LogP contribution in [-0.4, -0.2) is 29.9 Å². The molecule has 1 fully saturated rings. The monoisotopic (exact) mass is 269 g/mol. The minimum Gasteiger partial charge on any atom is -0.370 e. The quantitative estimate of drug-likeness (QED) is 0.759. The van der Waals surface area contributed by atoms with E-state index in [0.29, 0.717) is 38.1 Å².